The molecule has 0 aromatic heterocycles. The number of rotatable bonds is 30. The van der Waals surface area contributed by atoms with Gasteiger partial charge < -0.3 is 27.3 Å². The number of para-hydroxylation sites is 4. The summed E-state index contributed by atoms with van der Waals surface area (Å²) in [6.45, 7) is 20.1. The van der Waals surface area contributed by atoms with Crippen molar-refractivity contribution in [3.05, 3.63) is 272 Å². The third-order valence-electron chi connectivity index (χ3n) is 22.8. The smallest absolute Gasteiger partial charge is 1.00 e. The second kappa shape index (κ2) is 41.5. The number of hydrogen-bond donors (Lipinski definition) is 5. The van der Waals surface area contributed by atoms with Gasteiger partial charge in [-0.05, 0) is 179 Å². The van der Waals surface area contributed by atoms with Crippen LogP contribution in [0.15, 0.2) is 233 Å². The Labute approximate surface area is 750 Å². The van der Waals surface area contributed by atoms with Crippen molar-refractivity contribution in [2.75, 3.05) is 59.0 Å². The average Bonchev–Trinajstić information content (AvgIpc) is 1.60. The molecule has 6 aromatic carbocycles. The second-order valence-corrected chi connectivity index (χ2v) is 39.0. The molecule has 6 aromatic rings. The fourth-order valence-corrected chi connectivity index (χ4v) is 19.3. The molecule has 2 aliphatic carbocycles. The minimum absolute atomic E-state index is 0. The number of anilines is 2. The van der Waals surface area contributed by atoms with Crippen LogP contribution in [0.2, 0.25) is 0 Å². The molecule has 0 fully saturated rings. The monoisotopic (exact) mass is 1720 g/mol. The molecule has 0 amide bonds. The van der Waals surface area contributed by atoms with E-state index in [9.17, 15) is 61.5 Å². The van der Waals surface area contributed by atoms with Crippen molar-refractivity contribution >= 4 is 117 Å². The van der Waals surface area contributed by atoms with Gasteiger partial charge >= 0.3 is 66.2 Å². The van der Waals surface area contributed by atoms with Gasteiger partial charge in [-0.3, -0.25) is 23.2 Å². The fourth-order valence-electron chi connectivity index (χ4n) is 16.8. The van der Waals surface area contributed by atoms with E-state index in [-0.39, 0.29) is 107 Å². The number of carbonyl (C=O) groups excluding carboxylic acids is 2. The quantitative estimate of drug-likeness (QED) is 0.00920. The molecule has 0 bridgehead atoms. The van der Waals surface area contributed by atoms with E-state index in [0.717, 1.165) is 118 Å². The van der Waals surface area contributed by atoms with Gasteiger partial charge in [-0.25, -0.2) is 8.42 Å². The van der Waals surface area contributed by atoms with Crippen molar-refractivity contribution in [2.24, 2.45) is 0 Å². The van der Waals surface area contributed by atoms with Crippen LogP contribution < -0.4 is 74.4 Å². The summed E-state index contributed by atoms with van der Waals surface area (Å²) in [6, 6.07) is 47.0. The van der Waals surface area contributed by atoms with E-state index in [0.29, 0.717) is 100 Å². The van der Waals surface area contributed by atoms with Gasteiger partial charge in [0.25, 0.3) is 30.4 Å². The number of benzene rings is 6. The van der Waals surface area contributed by atoms with E-state index in [4.69, 9.17) is 21.6 Å². The van der Waals surface area contributed by atoms with Crippen molar-refractivity contribution in [1.29, 1.82) is 0 Å². The van der Waals surface area contributed by atoms with Gasteiger partial charge in [0.05, 0.1) is 38.2 Å². The van der Waals surface area contributed by atoms with Crippen molar-refractivity contribution in [2.45, 2.75) is 167 Å². The van der Waals surface area contributed by atoms with Crippen LogP contribution >= 0.6 is 11.6 Å². The first-order valence-corrected chi connectivity index (χ1v) is 46.3. The van der Waals surface area contributed by atoms with Gasteiger partial charge in [-0.15, -0.1) is 0 Å². The molecule has 0 spiro atoms. The summed E-state index contributed by atoms with van der Waals surface area (Å²) in [5.74, 6) is -1.15. The fraction of sp³-hybridized carbons (Fsp3) is 0.378. The van der Waals surface area contributed by atoms with Gasteiger partial charge in [0.2, 0.25) is 11.4 Å². The zero-order chi connectivity index (χ0) is 84.2. The summed E-state index contributed by atoms with van der Waals surface area (Å²) < 4.78 is 134. The number of allylic oxidation sites excluding steroid dienone is 16. The minimum atomic E-state index is -4.28. The normalized spacial score (nSPS) is 18.6. The van der Waals surface area contributed by atoms with Gasteiger partial charge in [0, 0.05) is 117 Å². The standard InChI is InChI=1S/C45H52N2O7S2.C38H47ClN2O6S2.C7H7BO3.2Na.2H/c1-44(2)37-16-5-7-18-39(37)46(28-9-11-30-55(49,50)51)41(44)26-24-34-14-13-15-35(43(34)36-22-20-33(32-48)21-23-36)25-27-42-45(3,4)38-17-6-8-19-40(38)47(42)29-10-12-31-56(52,53)54;1-37(2)30-16-5-7-18-32(30)40(24-9-11-26-48(42,43)44)34(37)22-20-28-14-13-15-29(36(28)39)21-23-35-38(3,4)31-17-6-8-19-33(31)41(35)25-10-12-27-49(45,46)47;9-5-6-1-3-7(4-2-6)8(10)11;;;;/h5-8,16-27,32H,9-15,28-31H2,1-4H3,(H-,49,50,51,52,53,54);5-8,16-23H,9-15,24-27H2,1-4H3,(H-,42,43,44,45,46,47);1-5,10-11H;;;;/q;;;2*+1;2*-1/p+1. The van der Waals surface area contributed by atoms with Gasteiger partial charge in [0.1, 0.15) is 25.7 Å². The van der Waals surface area contributed by atoms with Crippen LogP contribution in [0.3, 0.4) is 0 Å². The number of carbonyl (C=O) groups is 2. The molecule has 28 heteroatoms. The number of fused-ring (bicyclic) bond motifs is 4. The Kier molecular flexibility index (Phi) is 34.1. The van der Waals surface area contributed by atoms with E-state index < -0.39 is 47.6 Å². The molecule has 0 saturated carbocycles. The van der Waals surface area contributed by atoms with Crippen LogP contribution in [0, 0.1) is 0 Å². The maximum absolute atomic E-state index is 11.6. The Hall–Kier alpha value is -6.57. The van der Waals surface area contributed by atoms with E-state index in [1.54, 1.807) is 0 Å². The summed E-state index contributed by atoms with van der Waals surface area (Å²) in [5.41, 5.74) is 20.6. The maximum Gasteiger partial charge on any atom is 1.00 e. The van der Waals surface area contributed by atoms with Crippen molar-refractivity contribution in [3.8, 4) is 0 Å². The van der Waals surface area contributed by atoms with E-state index in [2.05, 4.69) is 171 Å². The van der Waals surface area contributed by atoms with Gasteiger partial charge in [-0.2, -0.15) is 34.4 Å². The summed E-state index contributed by atoms with van der Waals surface area (Å²) in [5, 5.41) is 18.1. The van der Waals surface area contributed by atoms with Gasteiger partial charge in [-0.1, -0.05) is 185 Å². The molecule has 0 atom stereocenters. The molecule has 0 saturated heterocycles. The first kappa shape index (κ1) is 96.9. The minimum Gasteiger partial charge on any atom is -1.00 e. The molecule has 620 valence electrons. The average molecular weight is 1720 g/mol. The topological polar surface area (TPSA) is 307 Å². The Morgan fingerprint density at radius 3 is 1.25 bits per heavy atom. The van der Waals surface area contributed by atoms with E-state index in [1.165, 1.54) is 57.7 Å². The number of halogens is 1. The van der Waals surface area contributed by atoms with Crippen molar-refractivity contribution in [3.63, 3.8) is 0 Å². The third kappa shape index (κ3) is 24.4. The molecule has 0 radical (unpaired) electrons. The second-order valence-electron chi connectivity index (χ2n) is 32.4. The predicted octanol–water partition coefficient (Wildman–Crippen LogP) is 10.3. The van der Waals surface area contributed by atoms with Crippen LogP contribution in [-0.2, 0) is 62.1 Å². The molecule has 12 rings (SSSR count). The Bertz CT molecular complexity index is 5510. The molecule has 6 aliphatic rings. The van der Waals surface area contributed by atoms with E-state index >= 15 is 0 Å². The van der Waals surface area contributed by atoms with E-state index in [1.807, 2.05) is 72.8 Å². The van der Waals surface area contributed by atoms with Crippen LogP contribution in [0.4, 0.5) is 22.7 Å². The number of nitrogens with zero attached hydrogens (tertiary/aromatic N) is 4. The SMILES string of the molecule is CC1(C)C(/C=C/C2=C(Cl)C(=C/C=C3\N(CCCCS(=O)(=O)O)c4ccccc4C3(C)C)/CCC2)=[N+](CCCCS(=O)(=O)O)c2ccccc21.CC1(C)C(/C=C/C2=C(c3ccc(C=O)cc3)C(=C/C=C3\N(CCCCS(=O)(=O)[O-])c4ccccc4C3(C)C)/CCC2)=[N+](CCCCS(=O)(=O)O)c2ccccc21.O=Cc1ccc(B(O)O)cc1.[H-].[H-].[Na+].[Na+]. The first-order valence-electron chi connectivity index (χ1n) is 39.6. The summed E-state index contributed by atoms with van der Waals surface area (Å²) in [4.78, 5) is 26.3. The Morgan fingerprint density at radius 2 is 0.822 bits per heavy atom. The van der Waals surface area contributed by atoms with Crippen molar-refractivity contribution < 1.29 is 143 Å². The Morgan fingerprint density at radius 1 is 0.449 bits per heavy atom. The maximum atomic E-state index is 11.6. The van der Waals surface area contributed by atoms with Gasteiger partial charge in [0.15, 0.2) is 11.4 Å². The molecule has 4 aliphatic heterocycles. The zero-order valence-corrected chi connectivity index (χ0v) is 77.3. The Balaban J connectivity index is 0.000000322. The molecule has 5 N–H and O–H groups in total. The third-order valence-corrected chi connectivity index (χ3v) is 26.5. The number of unbranched alkanes of at least 4 members (excludes halogenated alkanes) is 4. The van der Waals surface area contributed by atoms with Crippen LogP contribution in [0.5, 0.6) is 0 Å². The number of hydrogen-bond acceptors (Lipinski definition) is 15. The molecular formula is C90H109BClN4Na2O16S4+. The summed E-state index contributed by atoms with van der Waals surface area (Å²) >= 11 is 7.14. The van der Waals surface area contributed by atoms with Crippen LogP contribution in [0.1, 0.15) is 197 Å². The summed E-state index contributed by atoms with van der Waals surface area (Å²) in [7, 11) is -17.8. The summed E-state index contributed by atoms with van der Waals surface area (Å²) in [6.07, 6.45) is 28.1. The van der Waals surface area contributed by atoms with Crippen LogP contribution in [-0.4, -0.2) is 151 Å². The largest absolute Gasteiger partial charge is 1.00 e. The molecule has 4 heterocycles. The molecule has 20 nitrogen and oxygen atoms in total. The molecular weight excluding hydrogens is 1610 g/mol. The predicted molar refractivity (Wildman–Crippen MR) is 467 cm³/mol. The zero-order valence-electron chi connectivity index (χ0n) is 71.3. The van der Waals surface area contributed by atoms with Crippen LogP contribution in [0.25, 0.3) is 5.57 Å². The first-order chi connectivity index (χ1) is 54.8. The molecule has 0 unspecified atom stereocenters. The molecule has 118 heavy (non-hydrogen) atoms. The van der Waals surface area contributed by atoms with Crippen molar-refractivity contribution in [1.82, 2.24) is 0 Å². The number of aldehydes is 2.